The summed E-state index contributed by atoms with van der Waals surface area (Å²) in [6.45, 7) is 2.97. The average molecular weight is 593 g/mol. The quantitative estimate of drug-likeness (QED) is 0.0900. The van der Waals surface area contributed by atoms with Crippen molar-refractivity contribution in [2.75, 3.05) is 40.3 Å². The third-order valence-corrected chi connectivity index (χ3v) is 7.24. The van der Waals surface area contributed by atoms with Crippen LogP contribution in [0.25, 0.3) is 38.2 Å². The zero-order chi connectivity index (χ0) is 30.8. The van der Waals surface area contributed by atoms with E-state index in [9.17, 15) is 17.8 Å². The fourth-order valence-electron chi connectivity index (χ4n) is 4.85. The highest BCUT2D eigenvalue weighted by molar-refractivity contribution is 7.81. The third-order valence-electron chi connectivity index (χ3n) is 6.80. The first-order valence-corrected chi connectivity index (χ1v) is 14.1. The van der Waals surface area contributed by atoms with E-state index >= 15 is 0 Å². The number of methoxy groups -OCH3 is 3. The number of aromatic nitrogens is 1. The summed E-state index contributed by atoms with van der Waals surface area (Å²) in [7, 11) is 4.35. The first-order chi connectivity index (χ1) is 19.9. The van der Waals surface area contributed by atoms with Crippen molar-refractivity contribution in [3.63, 3.8) is 0 Å². The van der Waals surface area contributed by atoms with Crippen LogP contribution in [0, 0.1) is 6.92 Å². The van der Waals surface area contributed by atoms with Gasteiger partial charge in [0.15, 0.2) is 23.4 Å². The third kappa shape index (κ3) is 6.32. The summed E-state index contributed by atoms with van der Waals surface area (Å²) in [6.07, 6.45) is 2.12. The molecule has 0 saturated carbocycles. The molecule has 0 fully saturated rings. The number of hydrogen-bond acceptors (Lipinski definition) is 9. The summed E-state index contributed by atoms with van der Waals surface area (Å²) in [5, 5.41) is 4.52. The number of carbonyl (C=O) groups excluding carboxylic acids is 1. The van der Waals surface area contributed by atoms with Crippen LogP contribution in [0.1, 0.15) is 12.6 Å². The molecule has 3 aromatic carbocycles. The van der Waals surface area contributed by atoms with Crippen LogP contribution in [0.2, 0.25) is 0 Å². The number of fused-ring (bicyclic) bond motifs is 4. The normalized spacial score (nSPS) is 11.1. The Morgan fingerprint density at radius 2 is 1.48 bits per heavy atom. The Morgan fingerprint density at radius 3 is 2.05 bits per heavy atom. The van der Waals surface area contributed by atoms with Crippen molar-refractivity contribution in [2.24, 2.45) is 0 Å². The maximum absolute atomic E-state index is 9.66. The van der Waals surface area contributed by atoms with Gasteiger partial charge in [0.1, 0.15) is 5.75 Å². The molecule has 0 atom stereocenters. The molecular weight excluding hydrogens is 560 g/mol. The molecule has 0 spiro atoms. The lowest BCUT2D eigenvalue weighted by Gasteiger charge is -2.16. The molecular formula is C31H32N2O8S. The maximum Gasteiger partial charge on any atom is 0.318 e. The van der Waals surface area contributed by atoms with Crippen LogP contribution >= 0.6 is 0 Å². The largest absolute Gasteiger partial charge is 0.716 e. The number of benzene rings is 3. The summed E-state index contributed by atoms with van der Waals surface area (Å²) < 4.78 is 50.7. The lowest BCUT2D eigenvalue weighted by Crippen LogP contribution is -2.25. The van der Waals surface area contributed by atoms with Crippen molar-refractivity contribution >= 4 is 49.1 Å². The van der Waals surface area contributed by atoms with Crippen LogP contribution in [0.4, 0.5) is 5.69 Å². The van der Waals surface area contributed by atoms with Gasteiger partial charge in [0, 0.05) is 51.3 Å². The Labute approximate surface area is 244 Å². The smallest absolute Gasteiger partial charge is 0.318 e. The predicted molar refractivity (Wildman–Crippen MR) is 160 cm³/mol. The van der Waals surface area contributed by atoms with Crippen molar-refractivity contribution < 1.29 is 40.6 Å². The second-order valence-corrected chi connectivity index (χ2v) is 10.6. The Kier molecular flexibility index (Phi) is 8.74. The molecule has 0 N–H and O–H groups in total. The fourth-order valence-corrected chi connectivity index (χ4v) is 5.14. The molecule has 220 valence electrons. The van der Waals surface area contributed by atoms with Gasteiger partial charge in [-0.25, -0.2) is 8.42 Å². The molecule has 10 nitrogen and oxygen atoms in total. The van der Waals surface area contributed by atoms with Gasteiger partial charge in [0.05, 0.1) is 32.1 Å². The van der Waals surface area contributed by atoms with Gasteiger partial charge in [-0.3, -0.25) is 4.79 Å². The van der Waals surface area contributed by atoms with Crippen LogP contribution in [0.3, 0.4) is 0 Å². The molecule has 0 bridgehead atoms. The van der Waals surface area contributed by atoms with Gasteiger partial charge in [-0.1, -0.05) is 12.1 Å². The molecule has 0 aliphatic heterocycles. The van der Waals surface area contributed by atoms with E-state index in [1.165, 1.54) is 0 Å². The van der Waals surface area contributed by atoms with E-state index in [0.29, 0.717) is 0 Å². The molecule has 2 aromatic heterocycles. The van der Waals surface area contributed by atoms with E-state index < -0.39 is 16.4 Å². The van der Waals surface area contributed by atoms with Crippen molar-refractivity contribution in [3.8, 4) is 28.4 Å². The predicted octanol–water partition coefficient (Wildman–Crippen LogP) is 4.81. The first-order valence-electron chi connectivity index (χ1n) is 12.8. The van der Waals surface area contributed by atoms with E-state index in [-0.39, 0.29) is 0 Å². The molecule has 0 aliphatic carbocycles. The molecule has 0 aliphatic rings. The zero-order valence-corrected chi connectivity index (χ0v) is 25.2. The highest BCUT2D eigenvalue weighted by atomic mass is 32.3. The lowest BCUT2D eigenvalue weighted by atomic mass is 9.98. The van der Waals surface area contributed by atoms with Crippen LogP contribution in [-0.4, -0.2) is 54.4 Å². The van der Waals surface area contributed by atoms with E-state index in [0.717, 1.165) is 73.7 Å². The highest BCUT2D eigenvalue weighted by Crippen LogP contribution is 2.38. The Balaban J connectivity index is 0.000000446. The molecule has 42 heavy (non-hydrogen) atoms. The topological polar surface area (TPSA) is 119 Å². The van der Waals surface area contributed by atoms with E-state index in [4.69, 9.17) is 14.2 Å². The molecule has 0 amide bonds. The van der Waals surface area contributed by atoms with Crippen LogP contribution in [0.15, 0.2) is 66.9 Å². The summed E-state index contributed by atoms with van der Waals surface area (Å²) in [5.74, 6) is 1.19. The van der Waals surface area contributed by atoms with Crippen molar-refractivity contribution in [1.29, 1.82) is 0 Å². The molecule has 11 heteroatoms. The van der Waals surface area contributed by atoms with Gasteiger partial charge in [-0.2, -0.15) is 4.40 Å². The summed E-state index contributed by atoms with van der Waals surface area (Å²) >= 11 is 0. The maximum atomic E-state index is 9.66. The minimum Gasteiger partial charge on any atom is -0.716 e. The summed E-state index contributed by atoms with van der Waals surface area (Å²) in [5.41, 5.74) is 5.60. The minimum atomic E-state index is -4.82. The molecule has 0 unspecified atom stereocenters. The van der Waals surface area contributed by atoms with Gasteiger partial charge in [0.2, 0.25) is 5.52 Å². The van der Waals surface area contributed by atoms with Gasteiger partial charge < -0.3 is 27.8 Å². The number of pyridine rings is 2. The number of aryl methyl sites for hydroxylation is 1. The second kappa shape index (κ2) is 12.1. The molecule has 2 heterocycles. The SMILES string of the molecule is CC(=O)OS(=O)(=O)[O-].COc1cc2cc3c4cc(-c5cccc(N(C)C)c5)c(OC)cc4cc[n+]3c(C)c2cc1OC. The first kappa shape index (κ1) is 30.4. The van der Waals surface area contributed by atoms with E-state index in [1.54, 1.807) is 21.3 Å². The van der Waals surface area contributed by atoms with Crippen molar-refractivity contribution in [2.45, 2.75) is 13.8 Å². The lowest BCUT2D eigenvalue weighted by molar-refractivity contribution is -0.516. The van der Waals surface area contributed by atoms with Crippen LogP contribution < -0.4 is 23.5 Å². The Hall–Kier alpha value is -4.61. The zero-order valence-electron chi connectivity index (χ0n) is 24.4. The number of ether oxygens (including phenoxy) is 3. The van der Waals surface area contributed by atoms with Crippen molar-refractivity contribution in [3.05, 3.63) is 72.6 Å². The van der Waals surface area contributed by atoms with Crippen LogP contribution in [0.5, 0.6) is 17.2 Å². The van der Waals surface area contributed by atoms with E-state index in [2.05, 4.69) is 89.2 Å². The Morgan fingerprint density at radius 1 is 0.833 bits per heavy atom. The Bertz CT molecular complexity index is 1920. The standard InChI is InChI=1S/C29H29N2O3.C2H4O5S/c1-18-23-17-29(34-6)28(33-5)15-21(23)13-26-24-16-25(19-8-7-9-22(12-19)30(2)3)27(32-4)14-20(24)10-11-31(18)26;1-2(3)7-8(4,5)6/h7-17H,1-6H3;1H3,(H,4,5,6)/q+1;/p-1. The monoisotopic (exact) mass is 592 g/mol. The van der Waals surface area contributed by atoms with Gasteiger partial charge in [-0.05, 0) is 52.7 Å². The van der Waals surface area contributed by atoms with Crippen molar-refractivity contribution in [1.82, 2.24) is 0 Å². The molecule has 0 radical (unpaired) electrons. The summed E-state index contributed by atoms with van der Waals surface area (Å²) in [6, 6.07) is 21.3. The van der Waals surface area contributed by atoms with E-state index in [1.807, 2.05) is 12.1 Å². The second-order valence-electron chi connectivity index (χ2n) is 9.66. The number of rotatable bonds is 6. The molecule has 5 rings (SSSR count). The summed E-state index contributed by atoms with van der Waals surface area (Å²) in [4.78, 5) is 11.8. The number of anilines is 1. The minimum absolute atomic E-state index is 0.724. The highest BCUT2D eigenvalue weighted by Gasteiger charge is 2.19. The van der Waals surface area contributed by atoms with Crippen LogP contribution in [-0.2, 0) is 19.4 Å². The number of hydrogen-bond donors (Lipinski definition) is 0. The van der Waals surface area contributed by atoms with Gasteiger partial charge in [-0.15, -0.1) is 0 Å². The average Bonchev–Trinajstić information content (AvgIpc) is 2.94. The fraction of sp³-hybridized carbons (Fsp3) is 0.226. The van der Waals surface area contributed by atoms with Gasteiger partial charge >= 0.3 is 5.97 Å². The number of nitrogens with zero attached hydrogens (tertiary/aromatic N) is 2. The molecule has 0 saturated heterocycles. The number of carbonyl (C=O) groups is 1. The molecule has 5 aromatic rings. The van der Waals surface area contributed by atoms with Gasteiger partial charge in [0.25, 0.3) is 10.4 Å².